The van der Waals surface area contributed by atoms with Gasteiger partial charge in [-0.2, -0.15) is 4.98 Å². The zero-order valence-electron chi connectivity index (χ0n) is 14.1. The molecule has 0 spiro atoms. The SMILES string of the molecule is CCC1CCC(c2noc(C(CN)CC(C)(C)C)n2)CC1. The minimum atomic E-state index is 0.179. The lowest BCUT2D eigenvalue weighted by atomic mass is 9.80. The van der Waals surface area contributed by atoms with Crippen LogP contribution in [-0.4, -0.2) is 16.7 Å². The molecule has 0 aliphatic heterocycles. The van der Waals surface area contributed by atoms with E-state index in [-0.39, 0.29) is 11.3 Å². The van der Waals surface area contributed by atoms with Gasteiger partial charge in [0.15, 0.2) is 5.82 Å². The Morgan fingerprint density at radius 3 is 2.43 bits per heavy atom. The fraction of sp³-hybridized carbons (Fsp3) is 0.882. The van der Waals surface area contributed by atoms with Gasteiger partial charge in [-0.1, -0.05) is 39.3 Å². The second-order valence-corrected chi connectivity index (χ2v) is 7.81. The van der Waals surface area contributed by atoms with Gasteiger partial charge in [0, 0.05) is 12.5 Å². The van der Waals surface area contributed by atoms with Crippen LogP contribution in [0, 0.1) is 11.3 Å². The van der Waals surface area contributed by atoms with E-state index in [1.807, 2.05) is 0 Å². The Morgan fingerprint density at radius 1 is 1.24 bits per heavy atom. The third-order valence-corrected chi connectivity index (χ3v) is 4.74. The minimum Gasteiger partial charge on any atom is -0.339 e. The molecule has 1 aromatic heterocycles. The molecule has 0 radical (unpaired) electrons. The molecular formula is C17H31N3O. The van der Waals surface area contributed by atoms with Gasteiger partial charge < -0.3 is 10.3 Å². The van der Waals surface area contributed by atoms with Crippen molar-refractivity contribution in [3.63, 3.8) is 0 Å². The van der Waals surface area contributed by atoms with Crippen molar-refractivity contribution in [3.05, 3.63) is 11.7 Å². The van der Waals surface area contributed by atoms with Crippen LogP contribution >= 0.6 is 0 Å². The largest absolute Gasteiger partial charge is 0.339 e. The summed E-state index contributed by atoms with van der Waals surface area (Å²) in [5, 5.41) is 4.25. The minimum absolute atomic E-state index is 0.179. The van der Waals surface area contributed by atoms with Crippen LogP contribution in [0.15, 0.2) is 4.52 Å². The van der Waals surface area contributed by atoms with E-state index in [1.54, 1.807) is 0 Å². The maximum absolute atomic E-state index is 5.91. The molecule has 1 aliphatic rings. The Labute approximate surface area is 128 Å². The average Bonchev–Trinajstić information content (AvgIpc) is 2.93. The van der Waals surface area contributed by atoms with Crippen molar-refractivity contribution in [2.75, 3.05) is 6.54 Å². The molecular weight excluding hydrogens is 262 g/mol. The van der Waals surface area contributed by atoms with Crippen LogP contribution in [0.25, 0.3) is 0 Å². The van der Waals surface area contributed by atoms with Gasteiger partial charge in [-0.3, -0.25) is 0 Å². The highest BCUT2D eigenvalue weighted by Gasteiger charge is 2.28. The van der Waals surface area contributed by atoms with Crippen LogP contribution in [0.1, 0.15) is 89.8 Å². The van der Waals surface area contributed by atoms with E-state index in [0.717, 1.165) is 24.1 Å². The van der Waals surface area contributed by atoms with E-state index in [9.17, 15) is 0 Å². The number of rotatable bonds is 5. The molecule has 21 heavy (non-hydrogen) atoms. The first kappa shape index (κ1) is 16.5. The van der Waals surface area contributed by atoms with E-state index < -0.39 is 0 Å². The van der Waals surface area contributed by atoms with Gasteiger partial charge in [-0.05, 0) is 43.4 Å². The summed E-state index contributed by atoms with van der Waals surface area (Å²) in [6, 6.07) is 0. The van der Waals surface area contributed by atoms with Gasteiger partial charge in [-0.15, -0.1) is 0 Å². The quantitative estimate of drug-likeness (QED) is 0.882. The molecule has 2 rings (SSSR count). The molecule has 1 aromatic rings. The first-order chi connectivity index (χ1) is 9.93. The summed E-state index contributed by atoms with van der Waals surface area (Å²) in [6.45, 7) is 9.52. The van der Waals surface area contributed by atoms with Crippen molar-refractivity contribution in [1.29, 1.82) is 0 Å². The lowest BCUT2D eigenvalue weighted by Crippen LogP contribution is -2.20. The van der Waals surface area contributed by atoms with Gasteiger partial charge in [0.2, 0.25) is 5.89 Å². The molecule has 1 fully saturated rings. The van der Waals surface area contributed by atoms with Crippen molar-refractivity contribution < 1.29 is 4.52 Å². The summed E-state index contributed by atoms with van der Waals surface area (Å²) in [4.78, 5) is 4.68. The van der Waals surface area contributed by atoms with E-state index in [4.69, 9.17) is 10.3 Å². The Bertz CT molecular complexity index is 427. The van der Waals surface area contributed by atoms with Crippen LogP contribution in [0.5, 0.6) is 0 Å². The van der Waals surface area contributed by atoms with Crippen molar-refractivity contribution >= 4 is 0 Å². The van der Waals surface area contributed by atoms with Crippen molar-refractivity contribution in [2.24, 2.45) is 17.1 Å². The monoisotopic (exact) mass is 293 g/mol. The third-order valence-electron chi connectivity index (χ3n) is 4.74. The fourth-order valence-electron chi connectivity index (χ4n) is 3.42. The summed E-state index contributed by atoms with van der Waals surface area (Å²) in [5.74, 6) is 3.20. The molecule has 1 unspecified atom stereocenters. The van der Waals surface area contributed by atoms with E-state index in [0.29, 0.717) is 12.5 Å². The van der Waals surface area contributed by atoms with Crippen LogP contribution < -0.4 is 5.73 Å². The number of hydrogen-bond acceptors (Lipinski definition) is 4. The van der Waals surface area contributed by atoms with Crippen molar-refractivity contribution in [3.8, 4) is 0 Å². The number of aromatic nitrogens is 2. The second-order valence-electron chi connectivity index (χ2n) is 7.81. The maximum atomic E-state index is 5.91. The highest BCUT2D eigenvalue weighted by molar-refractivity contribution is 5.02. The van der Waals surface area contributed by atoms with Crippen LogP contribution in [0.4, 0.5) is 0 Å². The van der Waals surface area contributed by atoms with Crippen molar-refractivity contribution in [2.45, 2.75) is 78.1 Å². The smallest absolute Gasteiger partial charge is 0.231 e. The van der Waals surface area contributed by atoms with Gasteiger partial charge in [-0.25, -0.2) is 0 Å². The molecule has 0 saturated heterocycles. The van der Waals surface area contributed by atoms with Gasteiger partial charge >= 0.3 is 0 Å². The molecule has 4 heteroatoms. The Kier molecular flexibility index (Phi) is 5.42. The summed E-state index contributed by atoms with van der Waals surface area (Å²) in [7, 11) is 0. The number of nitrogens with two attached hydrogens (primary N) is 1. The lowest BCUT2D eigenvalue weighted by Gasteiger charge is -2.25. The van der Waals surface area contributed by atoms with E-state index in [2.05, 4.69) is 37.8 Å². The lowest BCUT2D eigenvalue weighted by molar-refractivity contribution is 0.281. The molecule has 120 valence electrons. The predicted octanol–water partition coefficient (Wildman–Crippen LogP) is 4.23. The van der Waals surface area contributed by atoms with Gasteiger partial charge in [0.25, 0.3) is 0 Å². The highest BCUT2D eigenvalue weighted by Crippen LogP contribution is 2.36. The molecule has 0 bridgehead atoms. The first-order valence-electron chi connectivity index (χ1n) is 8.46. The third kappa shape index (κ3) is 4.53. The van der Waals surface area contributed by atoms with Crippen LogP contribution in [-0.2, 0) is 0 Å². The molecule has 1 aliphatic carbocycles. The van der Waals surface area contributed by atoms with Gasteiger partial charge in [0.1, 0.15) is 0 Å². The first-order valence-corrected chi connectivity index (χ1v) is 8.46. The Morgan fingerprint density at radius 2 is 1.90 bits per heavy atom. The molecule has 0 amide bonds. The maximum Gasteiger partial charge on any atom is 0.231 e. The number of hydrogen-bond donors (Lipinski definition) is 1. The molecule has 2 N–H and O–H groups in total. The summed E-state index contributed by atoms with van der Waals surface area (Å²) in [5.41, 5.74) is 6.13. The zero-order valence-corrected chi connectivity index (χ0v) is 14.1. The topological polar surface area (TPSA) is 64.9 Å². The summed E-state index contributed by atoms with van der Waals surface area (Å²) in [6.07, 6.45) is 7.27. The molecule has 1 saturated carbocycles. The highest BCUT2D eigenvalue weighted by atomic mass is 16.5. The second kappa shape index (κ2) is 6.91. The molecule has 0 aromatic carbocycles. The number of nitrogens with zero attached hydrogens (tertiary/aromatic N) is 2. The Balaban J connectivity index is 2.00. The van der Waals surface area contributed by atoms with Crippen molar-refractivity contribution in [1.82, 2.24) is 10.1 Å². The molecule has 4 nitrogen and oxygen atoms in total. The molecule has 1 atom stereocenters. The van der Waals surface area contributed by atoms with E-state index in [1.165, 1.54) is 32.1 Å². The standard InChI is InChI=1S/C17H31N3O/c1-5-12-6-8-13(9-7-12)15-19-16(21-20-15)14(11-18)10-17(2,3)4/h12-14H,5-11,18H2,1-4H3. The summed E-state index contributed by atoms with van der Waals surface area (Å²) >= 11 is 0. The predicted molar refractivity (Wildman–Crippen MR) is 85.2 cm³/mol. The van der Waals surface area contributed by atoms with Gasteiger partial charge in [0.05, 0.1) is 5.92 Å². The molecule has 1 heterocycles. The summed E-state index contributed by atoms with van der Waals surface area (Å²) < 4.78 is 5.53. The zero-order chi connectivity index (χ0) is 15.5. The van der Waals surface area contributed by atoms with E-state index >= 15 is 0 Å². The van der Waals surface area contributed by atoms with Crippen LogP contribution in [0.2, 0.25) is 0 Å². The Hall–Kier alpha value is -0.900. The normalized spacial score (nSPS) is 25.0. The average molecular weight is 293 g/mol. The fourth-order valence-corrected chi connectivity index (χ4v) is 3.42. The van der Waals surface area contributed by atoms with Crippen LogP contribution in [0.3, 0.4) is 0 Å².